The number of hydrogen-bond donors (Lipinski definition) is 4. The molecule has 0 spiro atoms. The number of carbonyl (C=O) groups is 1. The molecule has 364 valence electrons. The van der Waals surface area contributed by atoms with Gasteiger partial charge in [0.2, 0.25) is 0 Å². The smallest absolute Gasteiger partial charge is 0.306 e. The fourth-order valence-electron chi connectivity index (χ4n) is 6.86. The van der Waals surface area contributed by atoms with Crippen LogP contribution in [0.25, 0.3) is 0 Å². The van der Waals surface area contributed by atoms with Crippen LogP contribution in [0.4, 0.5) is 0 Å². The lowest BCUT2D eigenvalue weighted by Crippen LogP contribution is -2.59. The van der Waals surface area contributed by atoms with Crippen molar-refractivity contribution < 1.29 is 44.2 Å². The molecule has 1 aliphatic heterocycles. The summed E-state index contributed by atoms with van der Waals surface area (Å²) in [5.41, 5.74) is 0. The van der Waals surface area contributed by atoms with Gasteiger partial charge < -0.3 is 39.4 Å². The number of ether oxygens (including phenoxy) is 4. The number of allylic oxidation sites excluding steroid dienone is 18. The van der Waals surface area contributed by atoms with E-state index in [2.05, 4.69) is 123 Å². The van der Waals surface area contributed by atoms with Crippen molar-refractivity contribution >= 4 is 5.97 Å². The second kappa shape index (κ2) is 45.0. The fraction of sp³-hybridized carbons (Fsp3) is 0.655. The van der Waals surface area contributed by atoms with Gasteiger partial charge in [-0.3, -0.25) is 4.79 Å². The lowest BCUT2D eigenvalue weighted by molar-refractivity contribution is -0.305. The minimum absolute atomic E-state index is 0.119. The van der Waals surface area contributed by atoms with E-state index in [1.54, 1.807) is 0 Å². The van der Waals surface area contributed by atoms with E-state index in [1.807, 2.05) is 0 Å². The fourth-order valence-corrected chi connectivity index (χ4v) is 6.86. The maximum absolute atomic E-state index is 12.8. The molecule has 0 bridgehead atoms. The molecule has 6 unspecified atom stereocenters. The SMILES string of the molecule is CC/C=C\C/C=C\C/C=C\C/C=C\C/C=C\C/C=C\CCCCCCCOCC(COC1OC(CO)C(O)C(O)C1O)OC(=O)CCCCCCCCC/C=C\C/C=C\C/C=C\CC. The molecule has 0 aromatic heterocycles. The zero-order valence-electron chi connectivity index (χ0n) is 40.0. The number of aliphatic hydroxyl groups excluding tert-OH is 4. The lowest BCUT2D eigenvalue weighted by Gasteiger charge is -2.39. The molecule has 1 heterocycles. The Morgan fingerprint density at radius 3 is 1.36 bits per heavy atom. The van der Waals surface area contributed by atoms with Crippen LogP contribution in [0.5, 0.6) is 0 Å². The van der Waals surface area contributed by atoms with Crippen LogP contribution in [0.3, 0.4) is 0 Å². The number of aliphatic hydroxyl groups is 4. The molecule has 0 amide bonds. The zero-order valence-corrected chi connectivity index (χ0v) is 40.0. The standard InChI is InChI=1S/C55H90O9/c1-3-5-7-9-11-13-15-17-19-21-22-23-24-25-26-27-29-31-33-35-37-39-41-43-45-61-47-49(48-62-55-54(60)53(59)52(58)50(46-56)64-55)63-51(57)44-42-40-38-36-34-32-30-28-20-18-16-14-12-10-8-6-4-2/h5-8,11-14,17-20,22-23,25-26,29,31,49-50,52-56,58-60H,3-4,9-10,15-16,21,24,27-28,30,32-48H2,1-2H3/b7-5-,8-6-,13-11-,14-12-,19-17-,20-18-,23-22-,26-25-,31-29-. The highest BCUT2D eigenvalue weighted by molar-refractivity contribution is 5.69. The summed E-state index contributed by atoms with van der Waals surface area (Å²) >= 11 is 0. The molecule has 0 aromatic carbocycles. The van der Waals surface area contributed by atoms with Crippen LogP contribution in [0.15, 0.2) is 109 Å². The summed E-state index contributed by atoms with van der Waals surface area (Å²) in [5, 5.41) is 40.2. The Balaban J connectivity index is 2.26. The van der Waals surface area contributed by atoms with Crippen molar-refractivity contribution in [2.24, 2.45) is 0 Å². The van der Waals surface area contributed by atoms with E-state index in [1.165, 1.54) is 19.3 Å². The van der Waals surface area contributed by atoms with Gasteiger partial charge in [-0.05, 0) is 96.3 Å². The third-order valence-electron chi connectivity index (χ3n) is 10.7. The minimum atomic E-state index is -1.55. The van der Waals surface area contributed by atoms with Gasteiger partial charge in [-0.25, -0.2) is 0 Å². The zero-order chi connectivity index (χ0) is 46.4. The summed E-state index contributed by atoms with van der Waals surface area (Å²) in [4.78, 5) is 12.8. The second-order valence-corrected chi connectivity index (χ2v) is 16.5. The largest absolute Gasteiger partial charge is 0.457 e. The van der Waals surface area contributed by atoms with Crippen molar-refractivity contribution in [3.8, 4) is 0 Å². The molecule has 6 atom stereocenters. The first-order valence-corrected chi connectivity index (χ1v) is 25.0. The first-order chi connectivity index (χ1) is 31.4. The number of hydrogen-bond acceptors (Lipinski definition) is 9. The Morgan fingerprint density at radius 2 is 0.906 bits per heavy atom. The normalized spacial score (nSPS) is 20.5. The van der Waals surface area contributed by atoms with Gasteiger partial charge >= 0.3 is 5.97 Å². The average Bonchev–Trinajstić information content (AvgIpc) is 3.30. The molecule has 64 heavy (non-hydrogen) atoms. The van der Waals surface area contributed by atoms with Gasteiger partial charge in [-0.15, -0.1) is 0 Å². The summed E-state index contributed by atoms with van der Waals surface area (Å²) in [5.74, 6) is -0.336. The molecular weight excluding hydrogens is 805 g/mol. The van der Waals surface area contributed by atoms with Crippen LogP contribution in [-0.2, 0) is 23.7 Å². The van der Waals surface area contributed by atoms with E-state index in [4.69, 9.17) is 18.9 Å². The van der Waals surface area contributed by atoms with Gasteiger partial charge in [-0.1, -0.05) is 175 Å². The molecule has 9 nitrogen and oxygen atoms in total. The van der Waals surface area contributed by atoms with E-state index in [0.29, 0.717) is 13.0 Å². The van der Waals surface area contributed by atoms with Crippen molar-refractivity contribution in [3.05, 3.63) is 109 Å². The summed E-state index contributed by atoms with van der Waals surface area (Å²) in [6.07, 6.45) is 56.9. The first-order valence-electron chi connectivity index (χ1n) is 25.0. The maximum Gasteiger partial charge on any atom is 0.306 e. The molecule has 1 saturated heterocycles. The van der Waals surface area contributed by atoms with Gasteiger partial charge in [0.1, 0.15) is 30.5 Å². The average molecular weight is 895 g/mol. The Bertz CT molecular complexity index is 1340. The van der Waals surface area contributed by atoms with Gasteiger partial charge in [0, 0.05) is 13.0 Å². The van der Waals surface area contributed by atoms with Crippen LogP contribution in [0, 0.1) is 0 Å². The molecule has 1 fully saturated rings. The van der Waals surface area contributed by atoms with Crippen molar-refractivity contribution in [2.45, 2.75) is 205 Å². The molecule has 1 rings (SSSR count). The maximum atomic E-state index is 12.8. The highest BCUT2D eigenvalue weighted by Gasteiger charge is 2.44. The Morgan fingerprint density at radius 1 is 0.500 bits per heavy atom. The highest BCUT2D eigenvalue weighted by atomic mass is 16.7. The van der Waals surface area contributed by atoms with Crippen LogP contribution in [0.2, 0.25) is 0 Å². The van der Waals surface area contributed by atoms with Crippen molar-refractivity contribution in [1.29, 1.82) is 0 Å². The Hall–Kier alpha value is -3.15. The highest BCUT2D eigenvalue weighted by Crippen LogP contribution is 2.22. The molecule has 0 radical (unpaired) electrons. The van der Waals surface area contributed by atoms with Crippen LogP contribution < -0.4 is 0 Å². The van der Waals surface area contributed by atoms with E-state index < -0.39 is 43.4 Å². The van der Waals surface area contributed by atoms with E-state index in [9.17, 15) is 25.2 Å². The minimum Gasteiger partial charge on any atom is -0.457 e. The summed E-state index contributed by atoms with van der Waals surface area (Å²) in [6, 6.07) is 0. The number of esters is 1. The third kappa shape index (κ3) is 35.2. The molecule has 0 aliphatic carbocycles. The first kappa shape index (κ1) is 58.9. The molecule has 9 heteroatoms. The topological polar surface area (TPSA) is 135 Å². The van der Waals surface area contributed by atoms with Gasteiger partial charge in [0.15, 0.2) is 6.29 Å². The molecule has 4 N–H and O–H groups in total. The van der Waals surface area contributed by atoms with Crippen LogP contribution >= 0.6 is 0 Å². The predicted octanol–water partition coefficient (Wildman–Crippen LogP) is 12.1. The third-order valence-corrected chi connectivity index (χ3v) is 10.7. The lowest BCUT2D eigenvalue weighted by atomic mass is 9.99. The molecular formula is C55H90O9. The number of carbonyl (C=O) groups excluding carboxylic acids is 1. The van der Waals surface area contributed by atoms with E-state index in [-0.39, 0.29) is 19.2 Å². The van der Waals surface area contributed by atoms with Crippen molar-refractivity contribution in [1.82, 2.24) is 0 Å². The number of unbranched alkanes of at least 4 members (excludes halogenated alkanes) is 12. The molecule has 0 saturated carbocycles. The van der Waals surface area contributed by atoms with Gasteiger partial charge in [-0.2, -0.15) is 0 Å². The van der Waals surface area contributed by atoms with Crippen LogP contribution in [0.1, 0.15) is 168 Å². The predicted molar refractivity (Wildman–Crippen MR) is 265 cm³/mol. The summed E-state index contributed by atoms with van der Waals surface area (Å²) in [7, 11) is 0. The Kier molecular flexibility index (Phi) is 41.4. The van der Waals surface area contributed by atoms with Gasteiger partial charge in [0.05, 0.1) is 19.8 Å². The quantitative estimate of drug-likeness (QED) is 0.0269. The summed E-state index contributed by atoms with van der Waals surface area (Å²) < 4.78 is 22.8. The summed E-state index contributed by atoms with van der Waals surface area (Å²) in [6.45, 7) is 4.25. The van der Waals surface area contributed by atoms with Gasteiger partial charge in [0.25, 0.3) is 0 Å². The van der Waals surface area contributed by atoms with Crippen LogP contribution in [-0.4, -0.2) is 89.6 Å². The van der Waals surface area contributed by atoms with E-state index >= 15 is 0 Å². The molecule has 1 aliphatic rings. The molecule has 0 aromatic rings. The monoisotopic (exact) mass is 895 g/mol. The second-order valence-electron chi connectivity index (χ2n) is 16.5. The van der Waals surface area contributed by atoms with E-state index in [0.717, 1.165) is 128 Å². The van der Waals surface area contributed by atoms with Crippen molar-refractivity contribution in [2.75, 3.05) is 26.4 Å². The Labute approximate surface area is 389 Å². The number of rotatable bonds is 41. The van der Waals surface area contributed by atoms with Crippen molar-refractivity contribution in [3.63, 3.8) is 0 Å².